The fourth-order valence-corrected chi connectivity index (χ4v) is 4.54. The summed E-state index contributed by atoms with van der Waals surface area (Å²) in [4.78, 5) is 6.86. The van der Waals surface area contributed by atoms with Gasteiger partial charge in [-0.2, -0.15) is 13.2 Å². The molecule has 1 aromatic carbocycles. The van der Waals surface area contributed by atoms with E-state index in [1.54, 1.807) is 10.4 Å². The second-order valence-electron chi connectivity index (χ2n) is 6.16. The van der Waals surface area contributed by atoms with Crippen molar-refractivity contribution < 1.29 is 26.0 Å². The Labute approximate surface area is 158 Å². The quantitative estimate of drug-likeness (QED) is 0.707. The number of nitrogens with zero attached hydrogens (tertiary/aromatic N) is 3. The summed E-state index contributed by atoms with van der Waals surface area (Å²) < 4.78 is 76.3. The minimum Gasteiger partial charge on any atom is -0.369 e. The van der Waals surface area contributed by atoms with Gasteiger partial charge in [-0.1, -0.05) is 0 Å². The van der Waals surface area contributed by atoms with Crippen LogP contribution in [0.4, 0.5) is 23.2 Å². The Hall–Kier alpha value is -1.72. The molecule has 0 atom stereocenters. The second-order valence-corrected chi connectivity index (χ2v) is 8.79. The fourth-order valence-electron chi connectivity index (χ4n) is 3.00. The number of halogens is 4. The molecule has 0 radical (unpaired) electrons. The molecule has 0 saturated carbocycles. The van der Waals surface area contributed by atoms with Gasteiger partial charge in [-0.15, -0.1) is 11.3 Å². The number of thiazole rings is 1. The number of benzene rings is 1. The van der Waals surface area contributed by atoms with Crippen molar-refractivity contribution in [2.24, 2.45) is 0 Å². The first-order chi connectivity index (χ1) is 12.7. The monoisotopic (exact) mass is 423 g/mol. The van der Waals surface area contributed by atoms with Crippen molar-refractivity contribution >= 4 is 26.9 Å². The molecule has 0 bridgehead atoms. The number of sulfone groups is 1. The SMILES string of the molecule is O=S(=O)(c1cc(F)ccc1N1CCCN(Cc2cscn2)CC1)C(F)(F)F. The zero-order valence-corrected chi connectivity index (χ0v) is 15.7. The van der Waals surface area contributed by atoms with Crippen molar-refractivity contribution in [3.63, 3.8) is 0 Å². The maximum Gasteiger partial charge on any atom is 0.501 e. The summed E-state index contributed by atoms with van der Waals surface area (Å²) in [5.74, 6) is -1.03. The number of hydrogen-bond donors (Lipinski definition) is 0. The molecule has 0 unspecified atom stereocenters. The van der Waals surface area contributed by atoms with E-state index >= 15 is 0 Å². The van der Waals surface area contributed by atoms with Crippen LogP contribution < -0.4 is 4.90 Å². The molecule has 3 rings (SSSR count). The lowest BCUT2D eigenvalue weighted by atomic mass is 10.2. The molecule has 27 heavy (non-hydrogen) atoms. The fraction of sp³-hybridized carbons (Fsp3) is 0.438. The molecule has 0 N–H and O–H groups in total. The van der Waals surface area contributed by atoms with Crippen molar-refractivity contribution in [2.45, 2.75) is 23.4 Å². The molecular weight excluding hydrogens is 406 g/mol. The molecule has 0 amide bonds. The molecule has 0 spiro atoms. The van der Waals surface area contributed by atoms with Crippen LogP contribution in [-0.2, 0) is 16.4 Å². The third-order valence-electron chi connectivity index (χ3n) is 4.31. The van der Waals surface area contributed by atoms with Gasteiger partial charge in [-0.3, -0.25) is 4.90 Å². The van der Waals surface area contributed by atoms with Crippen LogP contribution in [0.5, 0.6) is 0 Å². The first kappa shape index (κ1) is 20.0. The van der Waals surface area contributed by atoms with E-state index in [0.717, 1.165) is 17.8 Å². The highest BCUT2D eigenvalue weighted by Gasteiger charge is 2.48. The van der Waals surface area contributed by atoms with Crippen LogP contribution >= 0.6 is 11.3 Å². The Bertz CT molecular complexity index is 886. The molecule has 2 aromatic rings. The number of aromatic nitrogens is 1. The molecule has 1 aromatic heterocycles. The lowest BCUT2D eigenvalue weighted by molar-refractivity contribution is -0.0435. The zero-order chi connectivity index (χ0) is 19.7. The third-order valence-corrected chi connectivity index (χ3v) is 6.47. The molecular formula is C16H17F4N3O2S2. The van der Waals surface area contributed by atoms with Crippen LogP contribution in [0.1, 0.15) is 12.1 Å². The summed E-state index contributed by atoms with van der Waals surface area (Å²) in [5, 5.41) is 1.93. The first-order valence-electron chi connectivity index (χ1n) is 8.14. The molecule has 1 aliphatic rings. The number of anilines is 1. The average Bonchev–Trinajstić information content (AvgIpc) is 2.99. The predicted molar refractivity (Wildman–Crippen MR) is 93.9 cm³/mol. The van der Waals surface area contributed by atoms with Crippen LogP contribution in [-0.4, -0.2) is 50.0 Å². The normalized spacial score (nSPS) is 17.1. The van der Waals surface area contributed by atoms with Crippen molar-refractivity contribution in [1.82, 2.24) is 9.88 Å². The van der Waals surface area contributed by atoms with Crippen molar-refractivity contribution in [1.29, 1.82) is 0 Å². The Kier molecular flexibility index (Phi) is 5.73. The van der Waals surface area contributed by atoms with Gasteiger partial charge < -0.3 is 4.90 Å². The van der Waals surface area contributed by atoms with Crippen molar-refractivity contribution in [3.8, 4) is 0 Å². The summed E-state index contributed by atoms with van der Waals surface area (Å²) in [6, 6.07) is 2.52. The topological polar surface area (TPSA) is 53.5 Å². The van der Waals surface area contributed by atoms with Gasteiger partial charge in [-0.25, -0.2) is 17.8 Å². The van der Waals surface area contributed by atoms with Crippen LogP contribution in [0.25, 0.3) is 0 Å². The van der Waals surface area contributed by atoms with Crippen molar-refractivity contribution in [2.75, 3.05) is 31.1 Å². The van der Waals surface area contributed by atoms with E-state index < -0.39 is 26.1 Å². The van der Waals surface area contributed by atoms with Gasteiger partial charge in [0.05, 0.1) is 16.9 Å². The second kappa shape index (κ2) is 7.72. The highest BCUT2D eigenvalue weighted by Crippen LogP contribution is 2.36. The Morgan fingerprint density at radius 1 is 1.15 bits per heavy atom. The van der Waals surface area contributed by atoms with E-state index in [4.69, 9.17) is 0 Å². The largest absolute Gasteiger partial charge is 0.501 e. The van der Waals surface area contributed by atoms with Gasteiger partial charge in [0.2, 0.25) is 0 Å². The van der Waals surface area contributed by atoms with Gasteiger partial charge in [0, 0.05) is 38.1 Å². The van der Waals surface area contributed by atoms with Crippen LogP contribution in [0.2, 0.25) is 0 Å². The average molecular weight is 423 g/mol. The van der Waals surface area contributed by atoms with Gasteiger partial charge in [0.15, 0.2) is 0 Å². The number of hydrogen-bond acceptors (Lipinski definition) is 6. The molecule has 1 saturated heterocycles. The third kappa shape index (κ3) is 4.41. The van der Waals surface area contributed by atoms with Gasteiger partial charge in [-0.05, 0) is 24.6 Å². The standard InChI is InChI=1S/C16H17F4N3O2S2/c17-12-2-3-14(15(8-12)27(24,25)16(18,19)20)23-5-1-4-22(6-7-23)9-13-10-26-11-21-13/h2-3,8,10-11H,1,4-7,9H2. The predicted octanol–water partition coefficient (Wildman–Crippen LogP) is 3.29. The van der Waals surface area contributed by atoms with Gasteiger partial charge >= 0.3 is 5.51 Å². The van der Waals surface area contributed by atoms with Crippen LogP contribution in [0, 0.1) is 5.82 Å². The molecule has 1 aliphatic heterocycles. The highest BCUT2D eigenvalue weighted by molar-refractivity contribution is 7.92. The van der Waals surface area contributed by atoms with E-state index in [-0.39, 0.29) is 5.69 Å². The Balaban J connectivity index is 1.84. The summed E-state index contributed by atoms with van der Waals surface area (Å²) >= 11 is 1.48. The van der Waals surface area contributed by atoms with Crippen molar-refractivity contribution in [3.05, 3.63) is 40.6 Å². The lowest BCUT2D eigenvalue weighted by Crippen LogP contribution is -2.32. The van der Waals surface area contributed by atoms with E-state index in [1.807, 2.05) is 5.38 Å². The lowest BCUT2D eigenvalue weighted by Gasteiger charge is -2.26. The highest BCUT2D eigenvalue weighted by atomic mass is 32.2. The van der Waals surface area contributed by atoms with Gasteiger partial charge in [0.1, 0.15) is 10.7 Å². The Morgan fingerprint density at radius 2 is 1.93 bits per heavy atom. The Morgan fingerprint density at radius 3 is 2.59 bits per heavy atom. The zero-order valence-electron chi connectivity index (χ0n) is 14.1. The molecule has 1 fully saturated rings. The first-order valence-corrected chi connectivity index (χ1v) is 10.6. The maximum atomic E-state index is 13.5. The smallest absolute Gasteiger partial charge is 0.369 e. The minimum absolute atomic E-state index is 0.121. The number of alkyl halides is 3. The van der Waals surface area contributed by atoms with E-state index in [9.17, 15) is 26.0 Å². The molecule has 11 heteroatoms. The molecule has 2 heterocycles. The maximum absolute atomic E-state index is 13.5. The van der Waals surface area contributed by atoms with Gasteiger partial charge in [0.25, 0.3) is 9.84 Å². The van der Waals surface area contributed by atoms with Crippen LogP contribution in [0.3, 0.4) is 0 Å². The minimum atomic E-state index is -5.65. The van der Waals surface area contributed by atoms with E-state index in [1.165, 1.54) is 11.3 Å². The summed E-state index contributed by atoms with van der Waals surface area (Å²) in [5.41, 5.74) is -2.97. The van der Waals surface area contributed by atoms with Crippen LogP contribution in [0.15, 0.2) is 34.0 Å². The summed E-state index contributed by atoms with van der Waals surface area (Å²) in [6.07, 6.45) is 0.632. The van der Waals surface area contributed by atoms with E-state index in [0.29, 0.717) is 45.2 Å². The molecule has 148 valence electrons. The van der Waals surface area contributed by atoms with E-state index in [2.05, 4.69) is 9.88 Å². The molecule has 0 aliphatic carbocycles. The molecule has 5 nitrogen and oxygen atoms in total. The number of rotatable bonds is 4. The summed E-state index contributed by atoms with van der Waals surface area (Å²) in [7, 11) is -5.65. The summed E-state index contributed by atoms with van der Waals surface area (Å²) in [6.45, 7) is 2.56.